The summed E-state index contributed by atoms with van der Waals surface area (Å²) < 4.78 is 11.1. The van der Waals surface area contributed by atoms with Crippen LogP contribution < -0.4 is 0 Å². The molecule has 1 saturated carbocycles. The van der Waals surface area contributed by atoms with Crippen LogP contribution >= 0.6 is 0 Å². The van der Waals surface area contributed by atoms with Gasteiger partial charge in [-0.15, -0.1) is 0 Å². The van der Waals surface area contributed by atoms with Crippen molar-refractivity contribution in [3.8, 4) is 0 Å². The molecular weight excluding hydrogens is 188 g/mol. The molecule has 0 aromatic carbocycles. The van der Waals surface area contributed by atoms with Crippen LogP contribution in [-0.4, -0.2) is 19.5 Å². The van der Waals surface area contributed by atoms with Crippen molar-refractivity contribution in [2.45, 2.75) is 53.1 Å². The van der Waals surface area contributed by atoms with Crippen molar-refractivity contribution in [1.82, 2.24) is 0 Å². The predicted molar refractivity (Wildman–Crippen MR) is 62.7 cm³/mol. The Labute approximate surface area is 94.3 Å². The second-order valence-corrected chi connectivity index (χ2v) is 5.14. The van der Waals surface area contributed by atoms with E-state index in [4.69, 9.17) is 9.47 Å². The van der Waals surface area contributed by atoms with Gasteiger partial charge in [0.05, 0.1) is 6.10 Å². The standard InChI is InChI=1S/C13H26O2/c1-5-14-9-15-13-8-11(4)6-7-12(13)10(2)3/h10-13H,5-9H2,1-4H3. The molecule has 0 bridgehead atoms. The fourth-order valence-electron chi connectivity index (χ4n) is 2.53. The van der Waals surface area contributed by atoms with Gasteiger partial charge in [-0.3, -0.25) is 0 Å². The molecule has 1 aliphatic carbocycles. The molecule has 0 aromatic heterocycles. The summed E-state index contributed by atoms with van der Waals surface area (Å²) in [4.78, 5) is 0. The monoisotopic (exact) mass is 214 g/mol. The zero-order chi connectivity index (χ0) is 11.3. The Morgan fingerprint density at radius 2 is 2.00 bits per heavy atom. The zero-order valence-electron chi connectivity index (χ0n) is 10.7. The van der Waals surface area contributed by atoms with Crippen molar-refractivity contribution >= 4 is 0 Å². The molecule has 0 aromatic rings. The van der Waals surface area contributed by atoms with Gasteiger partial charge in [0.2, 0.25) is 0 Å². The van der Waals surface area contributed by atoms with Gasteiger partial charge in [-0.1, -0.05) is 27.2 Å². The minimum atomic E-state index is 0.417. The van der Waals surface area contributed by atoms with Crippen LogP contribution in [0.4, 0.5) is 0 Å². The molecule has 0 radical (unpaired) electrons. The second-order valence-electron chi connectivity index (χ2n) is 5.14. The van der Waals surface area contributed by atoms with E-state index < -0.39 is 0 Å². The maximum Gasteiger partial charge on any atom is 0.147 e. The van der Waals surface area contributed by atoms with Crippen molar-refractivity contribution in [3.05, 3.63) is 0 Å². The fraction of sp³-hybridized carbons (Fsp3) is 1.00. The molecule has 0 amide bonds. The van der Waals surface area contributed by atoms with Crippen LogP contribution in [0.1, 0.15) is 47.0 Å². The highest BCUT2D eigenvalue weighted by Gasteiger charge is 2.31. The molecule has 90 valence electrons. The molecule has 1 aliphatic rings. The smallest absolute Gasteiger partial charge is 0.147 e. The maximum atomic E-state index is 5.85. The Balaban J connectivity index is 2.39. The summed E-state index contributed by atoms with van der Waals surface area (Å²) in [5, 5.41) is 0. The number of hydrogen-bond acceptors (Lipinski definition) is 2. The molecule has 3 unspecified atom stereocenters. The summed E-state index contributed by atoms with van der Waals surface area (Å²) >= 11 is 0. The van der Waals surface area contributed by atoms with Gasteiger partial charge in [0.25, 0.3) is 0 Å². The van der Waals surface area contributed by atoms with E-state index in [9.17, 15) is 0 Å². The SMILES string of the molecule is CCOCOC1CC(C)CCC1C(C)C. The van der Waals surface area contributed by atoms with Gasteiger partial charge in [-0.25, -0.2) is 0 Å². The highest BCUT2D eigenvalue weighted by Crippen LogP contribution is 2.35. The molecule has 2 nitrogen and oxygen atoms in total. The average Bonchev–Trinajstić information content (AvgIpc) is 2.18. The second kappa shape index (κ2) is 6.49. The van der Waals surface area contributed by atoms with Crippen molar-refractivity contribution in [3.63, 3.8) is 0 Å². The van der Waals surface area contributed by atoms with E-state index >= 15 is 0 Å². The largest absolute Gasteiger partial charge is 0.356 e. The normalized spacial score (nSPS) is 32.2. The van der Waals surface area contributed by atoms with Crippen LogP contribution in [-0.2, 0) is 9.47 Å². The van der Waals surface area contributed by atoms with Crippen LogP contribution in [0.25, 0.3) is 0 Å². The molecular formula is C13H26O2. The van der Waals surface area contributed by atoms with E-state index in [-0.39, 0.29) is 0 Å². The van der Waals surface area contributed by atoms with Gasteiger partial charge in [0.1, 0.15) is 6.79 Å². The van der Waals surface area contributed by atoms with Crippen LogP contribution in [0.5, 0.6) is 0 Å². The summed E-state index contributed by atoms with van der Waals surface area (Å²) in [6.07, 6.45) is 4.29. The number of rotatable bonds is 5. The molecule has 15 heavy (non-hydrogen) atoms. The Bertz CT molecular complexity index is 168. The molecule has 3 atom stereocenters. The minimum Gasteiger partial charge on any atom is -0.356 e. The van der Waals surface area contributed by atoms with E-state index in [0.717, 1.165) is 24.4 Å². The van der Waals surface area contributed by atoms with Crippen LogP contribution in [0, 0.1) is 17.8 Å². The van der Waals surface area contributed by atoms with Crippen molar-refractivity contribution in [2.75, 3.05) is 13.4 Å². The molecule has 1 rings (SSSR count). The van der Waals surface area contributed by atoms with Crippen molar-refractivity contribution in [2.24, 2.45) is 17.8 Å². The van der Waals surface area contributed by atoms with Gasteiger partial charge in [-0.05, 0) is 37.5 Å². The molecule has 0 heterocycles. The average molecular weight is 214 g/mol. The van der Waals surface area contributed by atoms with E-state index in [1.165, 1.54) is 19.3 Å². The number of ether oxygens (including phenoxy) is 2. The van der Waals surface area contributed by atoms with Gasteiger partial charge in [-0.2, -0.15) is 0 Å². The Kier molecular flexibility index (Phi) is 5.62. The summed E-state index contributed by atoms with van der Waals surface area (Å²) in [5.74, 6) is 2.26. The summed E-state index contributed by atoms with van der Waals surface area (Å²) in [6, 6.07) is 0. The van der Waals surface area contributed by atoms with Gasteiger partial charge in [0.15, 0.2) is 0 Å². The van der Waals surface area contributed by atoms with Crippen molar-refractivity contribution < 1.29 is 9.47 Å². The molecule has 0 spiro atoms. The van der Waals surface area contributed by atoms with E-state index in [0.29, 0.717) is 12.9 Å². The lowest BCUT2D eigenvalue weighted by molar-refractivity contribution is -0.125. The third-order valence-electron chi connectivity index (χ3n) is 3.53. The third kappa shape index (κ3) is 4.12. The van der Waals surface area contributed by atoms with Crippen molar-refractivity contribution in [1.29, 1.82) is 0 Å². The highest BCUT2D eigenvalue weighted by molar-refractivity contribution is 4.80. The molecule has 0 N–H and O–H groups in total. The van der Waals surface area contributed by atoms with E-state index in [2.05, 4.69) is 20.8 Å². The Morgan fingerprint density at radius 1 is 1.27 bits per heavy atom. The minimum absolute atomic E-state index is 0.417. The first-order valence-electron chi connectivity index (χ1n) is 6.34. The first-order chi connectivity index (χ1) is 7.15. The highest BCUT2D eigenvalue weighted by atomic mass is 16.7. The zero-order valence-corrected chi connectivity index (χ0v) is 10.7. The maximum absolute atomic E-state index is 5.85. The van der Waals surface area contributed by atoms with E-state index in [1.807, 2.05) is 6.92 Å². The van der Waals surface area contributed by atoms with Gasteiger partial charge >= 0.3 is 0 Å². The van der Waals surface area contributed by atoms with Crippen LogP contribution in [0.15, 0.2) is 0 Å². The van der Waals surface area contributed by atoms with Crippen LogP contribution in [0.3, 0.4) is 0 Å². The van der Waals surface area contributed by atoms with Crippen LogP contribution in [0.2, 0.25) is 0 Å². The Hall–Kier alpha value is -0.0800. The topological polar surface area (TPSA) is 18.5 Å². The van der Waals surface area contributed by atoms with Gasteiger partial charge in [0, 0.05) is 6.61 Å². The predicted octanol–water partition coefficient (Wildman–Crippen LogP) is 3.46. The summed E-state index contributed by atoms with van der Waals surface area (Å²) in [6.45, 7) is 10.2. The molecule has 2 heteroatoms. The van der Waals surface area contributed by atoms with Gasteiger partial charge < -0.3 is 9.47 Å². The Morgan fingerprint density at radius 3 is 2.60 bits per heavy atom. The third-order valence-corrected chi connectivity index (χ3v) is 3.53. The summed E-state index contributed by atoms with van der Waals surface area (Å²) in [7, 11) is 0. The lowest BCUT2D eigenvalue weighted by Gasteiger charge is -2.36. The lowest BCUT2D eigenvalue weighted by Crippen LogP contribution is -2.34. The first kappa shape index (κ1) is 13.0. The fourth-order valence-corrected chi connectivity index (χ4v) is 2.53. The number of hydrogen-bond donors (Lipinski definition) is 0. The molecule has 0 saturated heterocycles. The lowest BCUT2D eigenvalue weighted by atomic mass is 9.75. The first-order valence-corrected chi connectivity index (χ1v) is 6.34. The summed E-state index contributed by atoms with van der Waals surface area (Å²) in [5.41, 5.74) is 0. The molecule has 0 aliphatic heterocycles. The quantitative estimate of drug-likeness (QED) is 0.515. The van der Waals surface area contributed by atoms with E-state index in [1.54, 1.807) is 0 Å². The molecule has 1 fully saturated rings.